The van der Waals surface area contributed by atoms with Crippen molar-refractivity contribution in [3.8, 4) is 17.5 Å². The number of fused-ring (bicyclic) bond motifs is 15. The van der Waals surface area contributed by atoms with Gasteiger partial charge in [-0.1, -0.05) is 113 Å². The van der Waals surface area contributed by atoms with Crippen molar-refractivity contribution in [2.45, 2.75) is 291 Å². The first-order valence-electron chi connectivity index (χ1n) is 43.0. The van der Waals surface area contributed by atoms with Crippen LogP contribution in [0.3, 0.4) is 0 Å². The van der Waals surface area contributed by atoms with E-state index < -0.39 is 51.2 Å². The third-order valence-electron chi connectivity index (χ3n) is 29.5. The molecule has 9 aromatic rings. The van der Waals surface area contributed by atoms with E-state index in [9.17, 15) is 47.1 Å². The lowest BCUT2D eigenvalue weighted by atomic mass is 9.68. The van der Waals surface area contributed by atoms with Gasteiger partial charge in [0.2, 0.25) is 23.3 Å². The number of hydrogen-bond acceptors (Lipinski definition) is 17. The number of halogens is 2. The molecule has 600 valence electrons. The van der Waals surface area contributed by atoms with Crippen LogP contribution in [0.15, 0.2) is 124 Å². The summed E-state index contributed by atoms with van der Waals surface area (Å²) in [6.45, 7) is 1.52. The summed E-state index contributed by atoms with van der Waals surface area (Å²) in [6.07, 6.45) is 42.6. The van der Waals surface area contributed by atoms with Crippen LogP contribution in [0.25, 0.3) is 50.6 Å². The van der Waals surface area contributed by atoms with Crippen LogP contribution in [0.2, 0.25) is 0 Å². The number of H-pyrrole nitrogens is 2. The number of para-hydroxylation sites is 6. The van der Waals surface area contributed by atoms with Crippen LogP contribution in [0.4, 0.5) is 14.6 Å². The Morgan fingerprint density at radius 3 is 1.06 bits per heavy atom. The SMILES string of the molecule is Cc1nn(-c2nc3ccccc3n(C3C[C@H]4CCC[C@@H](C3)N4C3C[C@H]4CCC[C@@H](C3)C4)c2=O)c(=O)[nH]c1=O.Nc1nc(=O)n(-c2nc3ccccc3n(C3C[C@H]4CCC[C@@H](C3)N4C3C[C@H]4CCC[C@@H](C3)C4)c2=O)cc1F.O=c1[nH]c(=O)n(-c2nc3ccccc3n(C3C[C@H]4CCC[C@@H](C3)N4C3C[C@H]4CCC[C@@H](C3)C4)c2=O)cc1F. The van der Waals surface area contributed by atoms with E-state index in [2.05, 4.69) is 44.7 Å². The lowest BCUT2D eigenvalue weighted by Crippen LogP contribution is -2.58. The Morgan fingerprint density at radius 2 is 0.675 bits per heavy atom. The van der Waals surface area contributed by atoms with E-state index in [4.69, 9.17) is 5.73 Å². The Bertz CT molecular complexity index is 5400. The summed E-state index contributed by atoms with van der Waals surface area (Å²) >= 11 is 0. The van der Waals surface area contributed by atoms with Crippen molar-refractivity contribution in [2.24, 2.45) is 35.5 Å². The van der Waals surface area contributed by atoms with E-state index >= 15 is 0 Å². The third kappa shape index (κ3) is 14.0. The number of aromatic amines is 2. The average molecular weight is 1550 g/mol. The summed E-state index contributed by atoms with van der Waals surface area (Å²) in [4.78, 5) is 133. The van der Waals surface area contributed by atoms with Gasteiger partial charge in [-0.2, -0.15) is 19.2 Å². The van der Waals surface area contributed by atoms with Crippen LogP contribution in [0.5, 0.6) is 0 Å². The van der Waals surface area contributed by atoms with Crippen molar-refractivity contribution in [1.29, 1.82) is 0 Å². The van der Waals surface area contributed by atoms with E-state index in [1.807, 2.05) is 80.8 Å². The number of hydrogen-bond donors (Lipinski definition) is 3. The summed E-state index contributed by atoms with van der Waals surface area (Å²) in [7, 11) is 0. The minimum atomic E-state index is -1.13. The molecule has 27 heteroatoms. The van der Waals surface area contributed by atoms with Gasteiger partial charge >= 0.3 is 17.1 Å². The van der Waals surface area contributed by atoms with E-state index in [0.29, 0.717) is 70.9 Å². The highest BCUT2D eigenvalue weighted by molar-refractivity contribution is 5.77. The number of aromatic nitrogens is 13. The lowest BCUT2D eigenvalue weighted by Gasteiger charge is -2.55. The quantitative estimate of drug-likeness (QED) is 0.121. The van der Waals surface area contributed by atoms with Gasteiger partial charge in [-0.25, -0.2) is 42.9 Å². The molecule has 114 heavy (non-hydrogen) atoms. The molecular weight excluding hydrogens is 1450 g/mol. The lowest BCUT2D eigenvalue weighted by molar-refractivity contribution is -0.0487. The topological polar surface area (TPSA) is 298 Å². The maximum atomic E-state index is 14.3. The number of aryl methyl sites for hydroxylation is 1. The van der Waals surface area contributed by atoms with Crippen LogP contribution >= 0.6 is 0 Å². The number of benzene rings is 3. The van der Waals surface area contributed by atoms with Crippen molar-refractivity contribution in [1.82, 2.24) is 77.2 Å². The number of piperidine rings is 6. The molecule has 6 saturated heterocycles. The second-order valence-corrected chi connectivity index (χ2v) is 36.3. The highest BCUT2D eigenvalue weighted by Gasteiger charge is 2.50. The third-order valence-corrected chi connectivity index (χ3v) is 29.5. The van der Waals surface area contributed by atoms with E-state index in [0.717, 1.165) is 142 Å². The molecule has 6 aliphatic carbocycles. The number of nitrogens with two attached hydrogens (primary N) is 1. The van der Waals surface area contributed by atoms with Gasteiger partial charge in [0.1, 0.15) is 5.69 Å². The molecule has 6 saturated carbocycles. The summed E-state index contributed by atoms with van der Waals surface area (Å²) < 4.78 is 36.7. The second-order valence-electron chi connectivity index (χ2n) is 36.3. The van der Waals surface area contributed by atoms with Crippen molar-refractivity contribution < 1.29 is 8.78 Å². The molecule has 21 rings (SSSR count). The van der Waals surface area contributed by atoms with Crippen LogP contribution in [0.1, 0.15) is 236 Å². The standard InChI is InChI=1S/C29H35FN6O2.C29H34FN5O3.C29H36N6O3/c30-23-16-34(29(38)33-26(23)31)27-28(37)36(25-10-2-1-9-24(25)32-27)22-14-19-7-4-8-20(15-22)35(19)21-12-17-5-3-6-18(11-17)13-21;30-23-16-33(29(38)32-27(23)36)26-28(37)35(25-10-2-1-9-24(25)31-26)22-14-19-7-4-8-20(15-22)34(19)21-12-17-5-3-6-18(11-17)13-21;1-17-27(36)31-29(38)35(32-17)26-28(37)34(25-11-3-2-10-24(25)30-26)23-15-20-8-5-9-21(16-23)33(20)22-13-18-6-4-7-19(12-18)14-22/h1-2,9-10,16-22H,3-8,11-15H2,(H2,31,33,38);1-2,9-10,16-22H,3-8,11-15H2,(H,32,36,38);2-3,10-11,18-23H,4-9,12-16H2,1H3,(H,31,36,38)/t2*17-,18+,19-,20+,21?,22?;18-,19+,20-,21+,22?,23?. The van der Waals surface area contributed by atoms with Gasteiger partial charge in [-0.15, -0.1) is 0 Å². The van der Waals surface area contributed by atoms with E-state index in [1.54, 1.807) is 10.6 Å². The minimum absolute atomic E-state index is 0.00826. The molecule has 0 spiro atoms. The molecular formula is C87H105F2N17O8. The van der Waals surface area contributed by atoms with E-state index in [-0.39, 0.29) is 52.4 Å². The summed E-state index contributed by atoms with van der Waals surface area (Å²) in [6, 6.07) is 27.3. The first-order chi connectivity index (χ1) is 55.4. The molecule has 4 N–H and O–H groups in total. The first kappa shape index (κ1) is 74.9. The summed E-state index contributed by atoms with van der Waals surface area (Å²) in [5.41, 5.74) is 4.43. The van der Waals surface area contributed by atoms with Crippen LogP contribution in [0, 0.1) is 54.1 Å². The zero-order valence-electron chi connectivity index (χ0n) is 65.2. The Hall–Kier alpha value is -9.21. The Balaban J connectivity index is 0.000000115. The smallest absolute Gasteiger partial charge is 0.355 e. The maximum Gasteiger partial charge on any atom is 0.355 e. The fraction of sp³-hybridized carbons (Fsp3) is 0.598. The Morgan fingerprint density at radius 1 is 0.351 bits per heavy atom. The zero-order valence-corrected chi connectivity index (χ0v) is 65.2. The van der Waals surface area contributed by atoms with Gasteiger partial charge in [-0.3, -0.25) is 48.6 Å². The van der Waals surface area contributed by atoms with Crippen molar-refractivity contribution in [3.63, 3.8) is 0 Å². The molecule has 0 amide bonds. The second kappa shape index (κ2) is 30.8. The largest absolute Gasteiger partial charge is 0.381 e. The highest BCUT2D eigenvalue weighted by atomic mass is 19.1. The normalized spacial score (nSPS) is 31.4. The average Bonchev–Trinajstić information content (AvgIpc) is 0.750. The molecule has 6 aromatic heterocycles. The summed E-state index contributed by atoms with van der Waals surface area (Å²) in [5, 5.41) is 4.13. The first-order valence-corrected chi connectivity index (χ1v) is 43.0. The fourth-order valence-corrected chi connectivity index (χ4v) is 25.2. The molecule has 0 radical (unpaired) electrons. The van der Waals surface area contributed by atoms with Crippen LogP contribution in [-0.2, 0) is 0 Å². The van der Waals surface area contributed by atoms with Crippen LogP contribution in [-0.4, -0.2) is 132 Å². The molecule has 18 atom stereocenters. The number of nitrogen functional groups attached to an aromatic ring is 1. The van der Waals surface area contributed by atoms with Gasteiger partial charge in [0.15, 0.2) is 11.6 Å². The van der Waals surface area contributed by atoms with Crippen molar-refractivity contribution in [2.75, 3.05) is 5.73 Å². The molecule has 6 unspecified atom stereocenters. The van der Waals surface area contributed by atoms with Crippen LogP contribution < -0.4 is 50.6 Å². The van der Waals surface area contributed by atoms with Gasteiger partial charge in [0.25, 0.3) is 27.8 Å². The Kier molecular flexibility index (Phi) is 20.2. The number of anilines is 1. The van der Waals surface area contributed by atoms with Crippen molar-refractivity contribution in [3.05, 3.63) is 186 Å². The molecule has 12 aliphatic rings. The number of nitrogens with one attached hydrogen (secondary N) is 2. The van der Waals surface area contributed by atoms with Gasteiger partial charge in [-0.05, 0) is 214 Å². The molecule has 12 bridgehead atoms. The predicted molar refractivity (Wildman–Crippen MR) is 431 cm³/mol. The predicted octanol–water partition coefficient (Wildman–Crippen LogP) is 11.6. The molecule has 25 nitrogen and oxygen atoms in total. The molecule has 12 heterocycles. The monoisotopic (exact) mass is 1550 g/mol. The fourth-order valence-electron chi connectivity index (χ4n) is 25.2. The van der Waals surface area contributed by atoms with Gasteiger partial charge in [0.05, 0.1) is 45.5 Å². The zero-order chi connectivity index (χ0) is 77.9. The number of rotatable bonds is 9. The Labute approximate surface area is 657 Å². The summed E-state index contributed by atoms with van der Waals surface area (Å²) in [5.74, 6) is 2.45. The van der Waals surface area contributed by atoms with Crippen molar-refractivity contribution >= 4 is 38.9 Å². The van der Waals surface area contributed by atoms with Gasteiger partial charge < -0.3 is 19.4 Å². The van der Waals surface area contributed by atoms with E-state index in [1.165, 1.54) is 155 Å². The molecule has 6 aliphatic heterocycles. The van der Waals surface area contributed by atoms with Gasteiger partial charge in [0, 0.05) is 72.5 Å². The molecule has 3 aromatic carbocycles. The molecule has 12 fully saturated rings. The minimum Gasteiger partial charge on any atom is -0.381 e. The maximum absolute atomic E-state index is 14.3. The highest BCUT2D eigenvalue weighted by Crippen LogP contribution is 2.52. The number of nitrogens with zero attached hydrogens (tertiary/aromatic N) is 14.